The van der Waals surface area contributed by atoms with Crippen molar-refractivity contribution in [1.29, 1.82) is 0 Å². The van der Waals surface area contributed by atoms with Crippen molar-refractivity contribution in [3.05, 3.63) is 59.7 Å². The molecule has 3 unspecified atom stereocenters. The highest BCUT2D eigenvalue weighted by Crippen LogP contribution is 2.36. The Kier molecular flexibility index (Phi) is 7.05. The summed E-state index contributed by atoms with van der Waals surface area (Å²) in [6.45, 7) is 7.58. The first-order valence-corrected chi connectivity index (χ1v) is 13.0. The molecule has 2 aromatic carbocycles. The summed E-state index contributed by atoms with van der Waals surface area (Å²) in [6.07, 6.45) is 1.36. The molecule has 2 aliphatic rings. The van der Waals surface area contributed by atoms with Crippen molar-refractivity contribution in [2.24, 2.45) is 0 Å². The molecule has 0 spiro atoms. The Morgan fingerprint density at radius 2 is 1.94 bits per heavy atom. The number of nitrogens with zero attached hydrogens (tertiary/aromatic N) is 2. The van der Waals surface area contributed by atoms with Gasteiger partial charge in [0.05, 0.1) is 5.69 Å². The van der Waals surface area contributed by atoms with Gasteiger partial charge in [0.1, 0.15) is 23.3 Å². The van der Waals surface area contributed by atoms with E-state index in [0.717, 1.165) is 12.8 Å². The summed E-state index contributed by atoms with van der Waals surface area (Å²) >= 11 is 0. The molecule has 1 N–H and O–H groups in total. The molecule has 3 atom stereocenters. The molecular weight excluding hydrogens is 426 g/mol. The average Bonchev–Trinajstić information content (AvgIpc) is 3.39. The van der Waals surface area contributed by atoms with Gasteiger partial charge >= 0.3 is 0 Å². The Bertz CT molecular complexity index is 1030. The van der Waals surface area contributed by atoms with Crippen LogP contribution in [-0.4, -0.2) is 51.1 Å². The largest absolute Gasteiger partial charge is 0.486 e. The summed E-state index contributed by atoms with van der Waals surface area (Å²) in [7, 11) is -3.66. The van der Waals surface area contributed by atoms with Gasteiger partial charge in [-0.25, -0.2) is 18.9 Å². The number of ether oxygens (including phenoxy) is 2. The molecule has 1 heterocycles. The fourth-order valence-electron chi connectivity index (χ4n) is 4.61. The molecule has 1 saturated heterocycles. The number of rotatable bonds is 9. The highest BCUT2D eigenvalue weighted by molar-refractivity contribution is 7.93. The maximum Gasteiger partial charge on any atom is 0.243 e. The molecule has 0 radical (unpaired) electrons. The van der Waals surface area contributed by atoms with E-state index in [0.29, 0.717) is 37.7 Å². The Balaban J connectivity index is 1.57. The minimum absolute atomic E-state index is 0.00684. The topological polar surface area (TPSA) is 71.1 Å². The molecule has 0 aromatic heterocycles. The number of hydrogen-bond donors (Lipinski definition) is 1. The van der Waals surface area contributed by atoms with Gasteiger partial charge in [-0.3, -0.25) is 4.31 Å². The number of hydrazine groups is 1. The Hall–Kier alpha value is -2.13. The summed E-state index contributed by atoms with van der Waals surface area (Å²) in [5.74, 6) is 0.680. The van der Waals surface area contributed by atoms with Gasteiger partial charge in [-0.1, -0.05) is 37.3 Å². The number of hydrogen-bond acceptors (Lipinski definition) is 6. The summed E-state index contributed by atoms with van der Waals surface area (Å²) in [5.41, 5.74) is 6.33. The van der Waals surface area contributed by atoms with Crippen molar-refractivity contribution in [3.63, 3.8) is 0 Å². The summed E-state index contributed by atoms with van der Waals surface area (Å²) in [5, 5.41) is 1.21. The minimum atomic E-state index is -3.66. The molecule has 7 nitrogen and oxygen atoms in total. The van der Waals surface area contributed by atoms with E-state index < -0.39 is 21.5 Å². The number of sulfonamides is 1. The number of aryl methyl sites for hydroxylation is 1. The van der Waals surface area contributed by atoms with Gasteiger partial charge in [-0.05, 0) is 49.9 Å². The van der Waals surface area contributed by atoms with Gasteiger partial charge < -0.3 is 9.47 Å². The van der Waals surface area contributed by atoms with Crippen LogP contribution >= 0.6 is 0 Å². The lowest BCUT2D eigenvalue weighted by atomic mass is 10.1. The standard InChI is InChI=1S/C24H33N3O4S/c1-4-26-17-23(24(25-26)30-6-3)32(28,29)27(5-2)19-11-9-12-20(16-19)31-22-15-14-18-10-7-8-13-21(18)22/h7-13,16,22-25H,4-6,14-15,17H2,1-3H3. The van der Waals surface area contributed by atoms with E-state index in [-0.39, 0.29) is 6.10 Å². The molecule has 0 bridgehead atoms. The molecule has 1 fully saturated rings. The SMILES string of the molecule is CCOC1NN(CC)CC1S(=O)(=O)N(CC)c1cccc(OC2CCc3ccccc32)c1. The van der Waals surface area contributed by atoms with Crippen molar-refractivity contribution in [3.8, 4) is 5.75 Å². The molecule has 32 heavy (non-hydrogen) atoms. The molecule has 1 aliphatic carbocycles. The van der Waals surface area contributed by atoms with Crippen LogP contribution in [0, 0.1) is 0 Å². The highest BCUT2D eigenvalue weighted by atomic mass is 32.2. The van der Waals surface area contributed by atoms with E-state index >= 15 is 0 Å². The monoisotopic (exact) mass is 459 g/mol. The lowest BCUT2D eigenvalue weighted by molar-refractivity contribution is 0.0280. The lowest BCUT2D eigenvalue weighted by Crippen LogP contribution is -2.47. The van der Waals surface area contributed by atoms with E-state index in [1.807, 2.05) is 56.1 Å². The Morgan fingerprint density at radius 1 is 1.12 bits per heavy atom. The van der Waals surface area contributed by atoms with Crippen LogP contribution in [0.4, 0.5) is 5.69 Å². The van der Waals surface area contributed by atoms with Crippen molar-refractivity contribution < 1.29 is 17.9 Å². The Labute approximate surface area is 191 Å². The van der Waals surface area contributed by atoms with Gasteiger partial charge in [0.25, 0.3) is 0 Å². The van der Waals surface area contributed by atoms with Crippen LogP contribution < -0.4 is 14.5 Å². The quantitative estimate of drug-likeness (QED) is 0.619. The number of fused-ring (bicyclic) bond motifs is 1. The maximum absolute atomic E-state index is 13.7. The van der Waals surface area contributed by atoms with Crippen molar-refractivity contribution >= 4 is 15.7 Å². The molecule has 2 aromatic rings. The summed E-state index contributed by atoms with van der Waals surface area (Å²) in [4.78, 5) is 0. The number of anilines is 1. The summed E-state index contributed by atoms with van der Waals surface area (Å²) < 4.78 is 40.8. The van der Waals surface area contributed by atoms with E-state index in [9.17, 15) is 8.42 Å². The lowest BCUT2D eigenvalue weighted by Gasteiger charge is -2.28. The minimum Gasteiger partial charge on any atom is -0.486 e. The predicted octanol–water partition coefficient (Wildman–Crippen LogP) is 3.48. The molecule has 4 rings (SSSR count). The second-order valence-corrected chi connectivity index (χ2v) is 10.2. The van der Waals surface area contributed by atoms with Gasteiger partial charge in [0.15, 0.2) is 0 Å². The fourth-order valence-corrected chi connectivity index (χ4v) is 6.53. The van der Waals surface area contributed by atoms with E-state index in [2.05, 4.69) is 23.6 Å². The number of nitrogens with one attached hydrogen (secondary N) is 1. The van der Waals surface area contributed by atoms with Crippen molar-refractivity contribution in [2.45, 2.75) is 51.2 Å². The first-order valence-electron chi connectivity index (χ1n) is 11.5. The second kappa shape index (κ2) is 9.79. The zero-order chi connectivity index (χ0) is 22.7. The summed E-state index contributed by atoms with van der Waals surface area (Å²) in [6, 6.07) is 15.7. The molecular formula is C24H33N3O4S. The highest BCUT2D eigenvalue weighted by Gasteiger charge is 2.44. The molecule has 1 aliphatic heterocycles. The third-order valence-corrected chi connectivity index (χ3v) is 8.46. The van der Waals surface area contributed by atoms with Crippen LogP contribution in [0.15, 0.2) is 48.5 Å². The Morgan fingerprint density at radius 3 is 2.69 bits per heavy atom. The first-order chi connectivity index (χ1) is 15.5. The zero-order valence-electron chi connectivity index (χ0n) is 19.0. The van der Waals surface area contributed by atoms with E-state index in [1.54, 1.807) is 0 Å². The van der Waals surface area contributed by atoms with Crippen LogP contribution in [0.1, 0.15) is 44.4 Å². The average molecular weight is 460 g/mol. The smallest absolute Gasteiger partial charge is 0.243 e. The van der Waals surface area contributed by atoms with Crippen molar-refractivity contribution in [1.82, 2.24) is 10.4 Å². The van der Waals surface area contributed by atoms with Crippen LogP contribution in [-0.2, 0) is 21.2 Å². The van der Waals surface area contributed by atoms with Gasteiger partial charge in [-0.2, -0.15) is 0 Å². The maximum atomic E-state index is 13.7. The molecule has 174 valence electrons. The second-order valence-electron chi connectivity index (χ2n) is 8.13. The predicted molar refractivity (Wildman–Crippen MR) is 126 cm³/mol. The van der Waals surface area contributed by atoms with Gasteiger partial charge in [-0.15, -0.1) is 0 Å². The van der Waals surface area contributed by atoms with Crippen LogP contribution in [0.25, 0.3) is 0 Å². The molecule has 0 amide bonds. The molecule has 0 saturated carbocycles. The number of benzene rings is 2. The normalized spacial score (nSPS) is 23.3. The molecule has 8 heteroatoms. The third kappa shape index (κ3) is 4.50. The van der Waals surface area contributed by atoms with Gasteiger partial charge in [0.2, 0.25) is 10.0 Å². The van der Waals surface area contributed by atoms with Gasteiger partial charge in [0, 0.05) is 32.3 Å². The zero-order valence-corrected chi connectivity index (χ0v) is 19.8. The van der Waals surface area contributed by atoms with E-state index in [4.69, 9.17) is 9.47 Å². The van der Waals surface area contributed by atoms with Crippen LogP contribution in [0.2, 0.25) is 0 Å². The van der Waals surface area contributed by atoms with Crippen molar-refractivity contribution in [2.75, 3.05) is 30.5 Å². The van der Waals surface area contributed by atoms with E-state index in [1.165, 1.54) is 15.4 Å². The van der Waals surface area contributed by atoms with Crippen LogP contribution in [0.5, 0.6) is 5.75 Å². The van der Waals surface area contributed by atoms with Crippen LogP contribution in [0.3, 0.4) is 0 Å². The first kappa shape index (κ1) is 23.0. The fraction of sp³-hybridized carbons (Fsp3) is 0.500. The third-order valence-electron chi connectivity index (χ3n) is 6.21.